The predicted molar refractivity (Wildman–Crippen MR) is 119 cm³/mol. The molecule has 0 aromatic rings. The van der Waals surface area contributed by atoms with Crippen LogP contribution in [0.15, 0.2) is 0 Å². The van der Waals surface area contributed by atoms with E-state index in [1.165, 1.54) is 0 Å². The predicted octanol–water partition coefficient (Wildman–Crippen LogP) is -0.716. The number of carboxylic acids is 3. The maximum atomic E-state index is 12.9. The fraction of sp³-hybridized carbons (Fsp3) is 0.714. The van der Waals surface area contributed by atoms with Gasteiger partial charge in [0.1, 0.15) is 18.1 Å². The van der Waals surface area contributed by atoms with Gasteiger partial charge in [-0.1, -0.05) is 34.1 Å². The fourth-order valence-electron chi connectivity index (χ4n) is 2.98. The lowest BCUT2D eigenvalue weighted by Crippen LogP contribution is -2.58. The van der Waals surface area contributed by atoms with E-state index in [2.05, 4.69) is 16.0 Å². The van der Waals surface area contributed by atoms with Crippen molar-refractivity contribution in [1.82, 2.24) is 16.0 Å². The van der Waals surface area contributed by atoms with Crippen LogP contribution in [-0.4, -0.2) is 75.1 Å². The Hall–Kier alpha value is -3.22. The molecule has 0 spiro atoms. The van der Waals surface area contributed by atoms with Gasteiger partial charge in [-0.05, 0) is 24.7 Å². The van der Waals surface area contributed by atoms with Crippen molar-refractivity contribution < 1.29 is 44.1 Å². The van der Waals surface area contributed by atoms with Gasteiger partial charge in [0.15, 0.2) is 0 Å². The van der Waals surface area contributed by atoms with E-state index in [4.69, 9.17) is 15.9 Å². The number of amides is 3. The molecule has 5 atom stereocenters. The molecule has 13 heteroatoms. The van der Waals surface area contributed by atoms with Crippen LogP contribution in [0.4, 0.5) is 0 Å². The first-order chi connectivity index (χ1) is 15.7. The lowest BCUT2D eigenvalue weighted by molar-refractivity contribution is -0.145. The molecule has 0 rings (SSSR count). The monoisotopic (exact) mass is 488 g/mol. The maximum Gasteiger partial charge on any atom is 0.326 e. The van der Waals surface area contributed by atoms with Crippen molar-refractivity contribution >= 4 is 35.6 Å². The van der Waals surface area contributed by atoms with E-state index in [9.17, 15) is 33.9 Å². The molecule has 8 N–H and O–H groups in total. The molecular weight excluding hydrogens is 452 g/mol. The Balaban J connectivity index is 5.54. The van der Waals surface area contributed by atoms with Crippen molar-refractivity contribution in [3.8, 4) is 0 Å². The molecular formula is C21H36N4O9. The van der Waals surface area contributed by atoms with Gasteiger partial charge in [0.05, 0.1) is 12.5 Å². The summed E-state index contributed by atoms with van der Waals surface area (Å²) in [5.74, 6) is -7.02. The number of hydrogen-bond acceptors (Lipinski definition) is 7. The third-order valence-corrected chi connectivity index (χ3v) is 5.13. The van der Waals surface area contributed by atoms with Gasteiger partial charge in [0.2, 0.25) is 17.7 Å². The van der Waals surface area contributed by atoms with Crippen LogP contribution in [-0.2, 0) is 28.8 Å². The number of carbonyl (C=O) groups is 6. The summed E-state index contributed by atoms with van der Waals surface area (Å²) in [6.07, 6.45) is -0.775. The Morgan fingerprint density at radius 1 is 0.794 bits per heavy atom. The summed E-state index contributed by atoms with van der Waals surface area (Å²) in [4.78, 5) is 71.3. The second-order valence-corrected chi connectivity index (χ2v) is 8.60. The van der Waals surface area contributed by atoms with Crippen molar-refractivity contribution in [2.45, 2.75) is 84.0 Å². The van der Waals surface area contributed by atoms with Crippen LogP contribution >= 0.6 is 0 Å². The van der Waals surface area contributed by atoms with Crippen molar-refractivity contribution in [3.63, 3.8) is 0 Å². The normalized spacial score (nSPS) is 15.4. The number of rotatable bonds is 16. The average molecular weight is 489 g/mol. The molecule has 0 heterocycles. The second-order valence-electron chi connectivity index (χ2n) is 8.60. The number of nitrogens with two attached hydrogens (primary N) is 1. The zero-order valence-corrected chi connectivity index (χ0v) is 19.9. The highest BCUT2D eigenvalue weighted by molar-refractivity contribution is 5.95. The molecule has 3 amide bonds. The summed E-state index contributed by atoms with van der Waals surface area (Å²) in [5.41, 5.74) is 5.68. The van der Waals surface area contributed by atoms with Gasteiger partial charge < -0.3 is 37.0 Å². The molecule has 0 aliphatic rings. The molecule has 13 nitrogen and oxygen atoms in total. The maximum absolute atomic E-state index is 12.9. The van der Waals surface area contributed by atoms with Crippen molar-refractivity contribution in [3.05, 3.63) is 0 Å². The van der Waals surface area contributed by atoms with Crippen LogP contribution in [0.25, 0.3) is 0 Å². The highest BCUT2D eigenvalue weighted by Gasteiger charge is 2.33. The number of carbonyl (C=O) groups excluding carboxylic acids is 3. The third-order valence-electron chi connectivity index (χ3n) is 5.13. The molecule has 0 bridgehead atoms. The molecule has 0 radical (unpaired) electrons. The van der Waals surface area contributed by atoms with E-state index in [0.29, 0.717) is 6.42 Å². The molecule has 0 fully saturated rings. The van der Waals surface area contributed by atoms with Gasteiger partial charge in [-0.2, -0.15) is 0 Å². The summed E-state index contributed by atoms with van der Waals surface area (Å²) < 4.78 is 0. The molecule has 34 heavy (non-hydrogen) atoms. The Labute approximate surface area is 197 Å². The van der Waals surface area contributed by atoms with Gasteiger partial charge in [0.25, 0.3) is 0 Å². The number of hydrogen-bond donors (Lipinski definition) is 7. The number of carboxylic acid groups (broad SMARTS) is 3. The van der Waals surface area contributed by atoms with Crippen molar-refractivity contribution in [2.24, 2.45) is 17.6 Å². The quantitative estimate of drug-likeness (QED) is 0.144. The highest BCUT2D eigenvalue weighted by Crippen LogP contribution is 2.10. The smallest absolute Gasteiger partial charge is 0.326 e. The van der Waals surface area contributed by atoms with Gasteiger partial charge in [-0.15, -0.1) is 0 Å². The van der Waals surface area contributed by atoms with Gasteiger partial charge in [-0.3, -0.25) is 24.0 Å². The standard InChI is InChI=1S/C21H36N4O9/c1-5-11(4)17(21(33)34)25-20(32)14(9-16(28)29)24-19(31)13(8-10(2)3)23-18(30)12(22)6-7-15(26)27/h10-14,17H,5-9,22H2,1-4H3,(H,23,30)(H,24,31)(H,25,32)(H,26,27)(H,28,29)(H,33,34). The highest BCUT2D eigenvalue weighted by atomic mass is 16.4. The first-order valence-electron chi connectivity index (χ1n) is 11.0. The van der Waals surface area contributed by atoms with Crippen molar-refractivity contribution in [1.29, 1.82) is 0 Å². The molecule has 5 unspecified atom stereocenters. The molecule has 0 saturated heterocycles. The fourth-order valence-corrected chi connectivity index (χ4v) is 2.98. The first-order valence-corrected chi connectivity index (χ1v) is 11.0. The molecule has 0 aliphatic heterocycles. The SMILES string of the molecule is CCC(C)C(NC(=O)C(CC(=O)O)NC(=O)C(CC(C)C)NC(=O)C(N)CCC(=O)O)C(=O)O. The largest absolute Gasteiger partial charge is 0.481 e. The minimum atomic E-state index is -1.59. The lowest BCUT2D eigenvalue weighted by Gasteiger charge is -2.26. The van der Waals surface area contributed by atoms with Crippen LogP contribution in [0.1, 0.15) is 59.8 Å². The number of aliphatic carboxylic acids is 3. The van der Waals surface area contributed by atoms with Crippen LogP contribution in [0.3, 0.4) is 0 Å². The van der Waals surface area contributed by atoms with E-state index in [-0.39, 0.29) is 25.2 Å². The average Bonchev–Trinajstić information content (AvgIpc) is 2.72. The number of nitrogens with one attached hydrogen (secondary N) is 3. The lowest BCUT2D eigenvalue weighted by atomic mass is 9.98. The molecule has 194 valence electrons. The summed E-state index contributed by atoms with van der Waals surface area (Å²) >= 11 is 0. The third kappa shape index (κ3) is 11.6. The molecule has 0 aromatic heterocycles. The minimum absolute atomic E-state index is 0.0974. The summed E-state index contributed by atoms with van der Waals surface area (Å²) in [5, 5.41) is 34.2. The van der Waals surface area contributed by atoms with Crippen LogP contribution in [0.5, 0.6) is 0 Å². The van der Waals surface area contributed by atoms with E-state index in [1.54, 1.807) is 27.7 Å². The molecule has 0 aliphatic carbocycles. The van der Waals surface area contributed by atoms with E-state index in [1.807, 2.05) is 0 Å². The van der Waals surface area contributed by atoms with E-state index >= 15 is 0 Å². The van der Waals surface area contributed by atoms with Gasteiger partial charge in [0, 0.05) is 6.42 Å². The van der Waals surface area contributed by atoms with Crippen LogP contribution < -0.4 is 21.7 Å². The van der Waals surface area contributed by atoms with Crippen molar-refractivity contribution in [2.75, 3.05) is 0 Å². The summed E-state index contributed by atoms with van der Waals surface area (Å²) in [6, 6.07) is -5.26. The second kappa shape index (κ2) is 14.8. The first kappa shape index (κ1) is 30.8. The Kier molecular flexibility index (Phi) is 13.4. The van der Waals surface area contributed by atoms with Crippen LogP contribution in [0.2, 0.25) is 0 Å². The van der Waals surface area contributed by atoms with Gasteiger partial charge >= 0.3 is 17.9 Å². The van der Waals surface area contributed by atoms with Gasteiger partial charge in [-0.25, -0.2) is 4.79 Å². The summed E-state index contributed by atoms with van der Waals surface area (Å²) in [7, 11) is 0. The summed E-state index contributed by atoms with van der Waals surface area (Å²) in [6.45, 7) is 6.86. The van der Waals surface area contributed by atoms with E-state index < -0.39 is 72.1 Å². The zero-order valence-electron chi connectivity index (χ0n) is 19.9. The molecule has 0 aromatic carbocycles. The Morgan fingerprint density at radius 3 is 1.76 bits per heavy atom. The zero-order chi connectivity index (χ0) is 26.6. The topological polar surface area (TPSA) is 225 Å². The minimum Gasteiger partial charge on any atom is -0.481 e. The Bertz CT molecular complexity index is 757. The molecule has 0 saturated carbocycles. The van der Waals surface area contributed by atoms with Crippen LogP contribution in [0, 0.1) is 11.8 Å². The van der Waals surface area contributed by atoms with E-state index in [0.717, 1.165) is 0 Å². The Morgan fingerprint density at radius 2 is 1.32 bits per heavy atom.